The standard InChI is InChI=1S/C19H17F3N2O4/c1-26-11-16(18(25)27-2)14-8-3-4-9-15(14)17(24-28-23)12-6-5-7-13(10-12)19(20,21)22/h3-11H,23H2,1-2H3/b16-11+,24-17?. The van der Waals surface area contributed by atoms with Crippen molar-refractivity contribution in [3.8, 4) is 0 Å². The molecule has 2 aromatic rings. The Morgan fingerprint density at radius 3 is 2.32 bits per heavy atom. The van der Waals surface area contributed by atoms with Crippen LogP contribution < -0.4 is 5.90 Å². The summed E-state index contributed by atoms with van der Waals surface area (Å²) in [7, 11) is 2.54. The van der Waals surface area contributed by atoms with Gasteiger partial charge in [0.2, 0.25) is 0 Å². The number of nitrogens with two attached hydrogens (primary N) is 1. The first-order chi connectivity index (χ1) is 13.3. The maximum Gasteiger partial charge on any atom is 0.416 e. The van der Waals surface area contributed by atoms with Gasteiger partial charge < -0.3 is 14.4 Å². The van der Waals surface area contributed by atoms with Crippen LogP contribution >= 0.6 is 0 Å². The average Bonchev–Trinajstić information content (AvgIpc) is 2.69. The molecule has 0 radical (unpaired) electrons. The van der Waals surface area contributed by atoms with Crippen LogP contribution in [0, 0.1) is 0 Å². The van der Waals surface area contributed by atoms with Gasteiger partial charge in [0.25, 0.3) is 0 Å². The molecule has 0 unspecified atom stereocenters. The first kappa shape index (κ1) is 21.0. The summed E-state index contributed by atoms with van der Waals surface area (Å²) in [6.07, 6.45) is -3.38. The van der Waals surface area contributed by atoms with Crippen molar-refractivity contribution in [1.29, 1.82) is 0 Å². The molecule has 0 bridgehead atoms. The van der Waals surface area contributed by atoms with Gasteiger partial charge >= 0.3 is 12.1 Å². The van der Waals surface area contributed by atoms with Crippen LogP contribution in [-0.4, -0.2) is 25.9 Å². The number of oxime groups is 1. The van der Waals surface area contributed by atoms with Gasteiger partial charge in [-0.25, -0.2) is 4.79 Å². The molecule has 0 saturated heterocycles. The highest BCUT2D eigenvalue weighted by Gasteiger charge is 2.31. The van der Waals surface area contributed by atoms with Crippen molar-refractivity contribution in [3.63, 3.8) is 0 Å². The Labute approximate surface area is 158 Å². The quantitative estimate of drug-likeness (QED) is 0.267. The monoisotopic (exact) mass is 394 g/mol. The molecule has 9 heteroatoms. The highest BCUT2D eigenvalue weighted by Crippen LogP contribution is 2.31. The minimum Gasteiger partial charge on any atom is -0.503 e. The topological polar surface area (TPSA) is 83.1 Å². The Hall–Kier alpha value is -3.33. The molecule has 0 aliphatic rings. The van der Waals surface area contributed by atoms with E-state index in [0.717, 1.165) is 18.4 Å². The zero-order valence-corrected chi connectivity index (χ0v) is 15.0. The van der Waals surface area contributed by atoms with Crippen LogP contribution in [0.2, 0.25) is 0 Å². The first-order valence-electron chi connectivity index (χ1n) is 7.86. The van der Waals surface area contributed by atoms with E-state index < -0.39 is 17.7 Å². The smallest absolute Gasteiger partial charge is 0.416 e. The average molecular weight is 394 g/mol. The largest absolute Gasteiger partial charge is 0.503 e. The highest BCUT2D eigenvalue weighted by molar-refractivity contribution is 6.22. The number of halogens is 3. The lowest BCUT2D eigenvalue weighted by Crippen LogP contribution is -2.14. The fourth-order valence-corrected chi connectivity index (χ4v) is 2.53. The number of hydrogen-bond acceptors (Lipinski definition) is 6. The number of hydrogen-bond donors (Lipinski definition) is 1. The molecule has 0 aromatic heterocycles. The molecular weight excluding hydrogens is 377 g/mol. The number of esters is 1. The molecule has 0 aliphatic carbocycles. The van der Waals surface area contributed by atoms with Crippen molar-refractivity contribution in [2.45, 2.75) is 6.18 Å². The second-order valence-electron chi connectivity index (χ2n) is 5.43. The van der Waals surface area contributed by atoms with E-state index in [4.69, 9.17) is 15.4 Å². The summed E-state index contributed by atoms with van der Waals surface area (Å²) in [5.74, 6) is 4.36. The number of methoxy groups -OCH3 is 2. The molecule has 6 nitrogen and oxygen atoms in total. The summed E-state index contributed by atoms with van der Waals surface area (Å²) in [6, 6.07) is 10.9. The summed E-state index contributed by atoms with van der Waals surface area (Å²) in [6.45, 7) is 0. The molecule has 148 valence electrons. The van der Waals surface area contributed by atoms with Crippen LogP contribution in [-0.2, 0) is 25.4 Å². The third-order valence-electron chi connectivity index (χ3n) is 3.72. The van der Waals surface area contributed by atoms with Gasteiger partial charge in [-0.2, -0.15) is 13.2 Å². The summed E-state index contributed by atoms with van der Waals surface area (Å²) in [4.78, 5) is 16.5. The van der Waals surface area contributed by atoms with Crippen molar-refractivity contribution < 1.29 is 32.4 Å². The van der Waals surface area contributed by atoms with Crippen LogP contribution in [0.25, 0.3) is 5.57 Å². The summed E-state index contributed by atoms with van der Waals surface area (Å²) < 4.78 is 49.0. The summed E-state index contributed by atoms with van der Waals surface area (Å²) in [5.41, 5.74) is -0.139. The number of carbonyl (C=O) groups excluding carboxylic acids is 1. The number of ether oxygens (including phenoxy) is 2. The molecule has 0 amide bonds. The molecule has 0 atom stereocenters. The van der Waals surface area contributed by atoms with Crippen LogP contribution in [0.15, 0.2) is 59.9 Å². The fraction of sp³-hybridized carbons (Fsp3) is 0.158. The van der Waals surface area contributed by atoms with Gasteiger partial charge in [-0.15, -0.1) is 5.90 Å². The minimum atomic E-state index is -4.54. The predicted octanol–water partition coefficient (Wildman–Crippen LogP) is 3.51. The lowest BCUT2D eigenvalue weighted by atomic mass is 9.93. The van der Waals surface area contributed by atoms with Crippen LogP contribution in [0.1, 0.15) is 22.3 Å². The Kier molecular flexibility index (Phi) is 6.78. The maximum atomic E-state index is 13.1. The van der Waals surface area contributed by atoms with Crippen molar-refractivity contribution in [3.05, 3.63) is 77.0 Å². The van der Waals surface area contributed by atoms with Crippen molar-refractivity contribution in [1.82, 2.24) is 0 Å². The number of alkyl halides is 3. The Morgan fingerprint density at radius 2 is 1.75 bits per heavy atom. The molecule has 2 aromatic carbocycles. The number of nitrogens with zero attached hydrogens (tertiary/aromatic N) is 1. The van der Waals surface area contributed by atoms with Gasteiger partial charge in [-0.05, 0) is 12.1 Å². The van der Waals surface area contributed by atoms with Crippen LogP contribution in [0.5, 0.6) is 0 Å². The summed E-state index contributed by atoms with van der Waals surface area (Å²) in [5, 5.41) is 3.68. The second-order valence-corrected chi connectivity index (χ2v) is 5.43. The van der Waals surface area contributed by atoms with Gasteiger partial charge in [0.15, 0.2) is 0 Å². The Bertz CT molecular complexity index is 908. The van der Waals surface area contributed by atoms with E-state index in [9.17, 15) is 18.0 Å². The third kappa shape index (κ3) is 4.68. The molecule has 0 aliphatic heterocycles. The molecule has 2 N–H and O–H groups in total. The number of rotatable bonds is 6. The van der Waals surface area contributed by atoms with E-state index in [1.165, 1.54) is 26.4 Å². The van der Waals surface area contributed by atoms with Gasteiger partial charge in [0.1, 0.15) is 11.3 Å². The van der Waals surface area contributed by atoms with Crippen molar-refractivity contribution in [2.75, 3.05) is 14.2 Å². The van der Waals surface area contributed by atoms with Gasteiger partial charge in [-0.3, -0.25) is 0 Å². The number of carbonyl (C=O) groups is 1. The lowest BCUT2D eigenvalue weighted by molar-refractivity contribution is -0.137. The fourth-order valence-electron chi connectivity index (χ4n) is 2.53. The Balaban J connectivity index is 2.69. The minimum absolute atomic E-state index is 0.00453. The second kappa shape index (κ2) is 9.05. The van der Waals surface area contributed by atoms with Crippen molar-refractivity contribution >= 4 is 17.3 Å². The number of benzene rings is 2. The molecule has 0 saturated carbocycles. The maximum absolute atomic E-state index is 13.1. The lowest BCUT2D eigenvalue weighted by Gasteiger charge is -2.14. The van der Waals surface area contributed by atoms with E-state index in [1.54, 1.807) is 24.3 Å². The van der Waals surface area contributed by atoms with Crippen LogP contribution in [0.4, 0.5) is 13.2 Å². The SMILES string of the molecule is CO/C=C(/C(=O)OC)c1ccccc1C(=NON)c1cccc(C(F)(F)F)c1. The highest BCUT2D eigenvalue weighted by atomic mass is 19.4. The normalized spacial score (nSPS) is 12.5. The molecule has 2 rings (SSSR count). The zero-order valence-electron chi connectivity index (χ0n) is 15.0. The first-order valence-corrected chi connectivity index (χ1v) is 7.86. The van der Waals surface area contributed by atoms with E-state index in [1.807, 2.05) is 0 Å². The molecular formula is C19H17F3N2O4. The van der Waals surface area contributed by atoms with Crippen LogP contribution in [0.3, 0.4) is 0 Å². The predicted molar refractivity (Wildman–Crippen MR) is 95.8 cm³/mol. The Morgan fingerprint density at radius 1 is 1.07 bits per heavy atom. The molecule has 0 spiro atoms. The zero-order chi connectivity index (χ0) is 20.7. The van der Waals surface area contributed by atoms with Gasteiger partial charge in [0, 0.05) is 16.7 Å². The van der Waals surface area contributed by atoms with E-state index in [0.29, 0.717) is 11.1 Å². The van der Waals surface area contributed by atoms with Crippen molar-refractivity contribution in [2.24, 2.45) is 11.1 Å². The molecule has 0 heterocycles. The molecule has 0 fully saturated rings. The molecule has 28 heavy (non-hydrogen) atoms. The van der Waals surface area contributed by atoms with Gasteiger partial charge in [-0.1, -0.05) is 41.6 Å². The van der Waals surface area contributed by atoms with E-state index >= 15 is 0 Å². The van der Waals surface area contributed by atoms with E-state index in [2.05, 4.69) is 10.1 Å². The summed E-state index contributed by atoms with van der Waals surface area (Å²) >= 11 is 0. The van der Waals surface area contributed by atoms with Gasteiger partial charge in [0.05, 0.1) is 26.0 Å². The van der Waals surface area contributed by atoms with E-state index in [-0.39, 0.29) is 16.8 Å². The third-order valence-corrected chi connectivity index (χ3v) is 3.72.